The van der Waals surface area contributed by atoms with Gasteiger partial charge in [-0.15, -0.1) is 6.58 Å². The summed E-state index contributed by atoms with van der Waals surface area (Å²) in [6, 6.07) is 6.03. The van der Waals surface area contributed by atoms with Gasteiger partial charge in [-0.1, -0.05) is 12.1 Å². The van der Waals surface area contributed by atoms with Crippen LogP contribution in [0.1, 0.15) is 10.4 Å². The number of anilines is 1. The molecule has 0 unspecified atom stereocenters. The monoisotopic (exact) mass is 297 g/mol. The summed E-state index contributed by atoms with van der Waals surface area (Å²) in [5.41, 5.74) is 0.589. The number of esters is 1. The van der Waals surface area contributed by atoms with Gasteiger partial charge in [0.15, 0.2) is 9.84 Å². The van der Waals surface area contributed by atoms with Crippen LogP contribution in [-0.2, 0) is 19.4 Å². The number of carbonyl (C=O) groups is 2. The Morgan fingerprint density at radius 3 is 2.70 bits per heavy atom. The fourth-order valence-corrected chi connectivity index (χ4v) is 2.43. The summed E-state index contributed by atoms with van der Waals surface area (Å²) in [5.74, 6) is -2.11. The third kappa shape index (κ3) is 4.85. The van der Waals surface area contributed by atoms with Crippen LogP contribution in [0.4, 0.5) is 5.69 Å². The van der Waals surface area contributed by atoms with E-state index in [1.165, 1.54) is 25.3 Å². The molecule has 0 aliphatic carbocycles. The molecule has 0 bridgehead atoms. The zero-order chi connectivity index (χ0) is 15.2. The molecule has 0 fully saturated rings. The molecule has 0 spiro atoms. The van der Waals surface area contributed by atoms with Crippen molar-refractivity contribution in [2.45, 2.75) is 0 Å². The molecule has 1 rings (SSSR count). The van der Waals surface area contributed by atoms with E-state index >= 15 is 0 Å². The van der Waals surface area contributed by atoms with Crippen LogP contribution >= 0.6 is 0 Å². The average molecular weight is 297 g/mol. The summed E-state index contributed by atoms with van der Waals surface area (Å²) in [7, 11) is -2.26. The van der Waals surface area contributed by atoms with Gasteiger partial charge in [-0.3, -0.25) is 4.79 Å². The molecule has 1 aromatic rings. The number of rotatable bonds is 6. The van der Waals surface area contributed by atoms with Crippen LogP contribution in [0.25, 0.3) is 0 Å². The lowest BCUT2D eigenvalue weighted by atomic mass is 10.2. The van der Waals surface area contributed by atoms with Crippen LogP contribution in [0, 0.1) is 0 Å². The Morgan fingerprint density at radius 2 is 2.10 bits per heavy atom. The zero-order valence-electron chi connectivity index (χ0n) is 11.0. The number of hydrogen-bond donors (Lipinski definition) is 1. The van der Waals surface area contributed by atoms with Gasteiger partial charge in [-0.2, -0.15) is 0 Å². The maximum atomic E-state index is 11.6. The lowest BCUT2D eigenvalue weighted by Gasteiger charge is -2.06. The second-order valence-electron chi connectivity index (χ2n) is 3.96. The van der Waals surface area contributed by atoms with Gasteiger partial charge in [0.2, 0.25) is 5.91 Å². The van der Waals surface area contributed by atoms with Gasteiger partial charge >= 0.3 is 5.97 Å². The van der Waals surface area contributed by atoms with E-state index in [2.05, 4.69) is 16.6 Å². The Morgan fingerprint density at radius 1 is 1.40 bits per heavy atom. The Balaban J connectivity index is 2.76. The van der Waals surface area contributed by atoms with Crippen LogP contribution in [0.5, 0.6) is 0 Å². The number of sulfone groups is 1. The van der Waals surface area contributed by atoms with E-state index in [1.54, 1.807) is 12.1 Å². The summed E-state index contributed by atoms with van der Waals surface area (Å²) in [6.07, 6.45) is 1.22. The Kier molecular flexibility index (Phi) is 5.45. The highest BCUT2D eigenvalue weighted by Crippen LogP contribution is 2.11. The number of methoxy groups -OCH3 is 1. The Hall–Kier alpha value is -2.15. The predicted molar refractivity (Wildman–Crippen MR) is 75.3 cm³/mol. The van der Waals surface area contributed by atoms with E-state index < -0.39 is 27.5 Å². The molecule has 20 heavy (non-hydrogen) atoms. The second-order valence-corrected chi connectivity index (χ2v) is 6.07. The predicted octanol–water partition coefficient (Wildman–Crippen LogP) is 1.01. The molecule has 0 atom stereocenters. The molecule has 0 aliphatic heterocycles. The van der Waals surface area contributed by atoms with Crippen molar-refractivity contribution in [3.8, 4) is 0 Å². The third-order valence-corrected chi connectivity index (χ3v) is 3.74. The molecule has 0 aliphatic rings. The van der Waals surface area contributed by atoms with Crippen molar-refractivity contribution in [3.63, 3.8) is 0 Å². The molecule has 1 amide bonds. The molecule has 6 nitrogen and oxygen atoms in total. The van der Waals surface area contributed by atoms with E-state index in [1.807, 2.05) is 0 Å². The molecule has 0 radical (unpaired) electrons. The van der Waals surface area contributed by atoms with E-state index in [0.717, 1.165) is 0 Å². The normalized spacial score (nSPS) is 10.7. The van der Waals surface area contributed by atoms with Crippen LogP contribution in [0.3, 0.4) is 0 Å². The first-order valence-corrected chi connectivity index (χ1v) is 7.49. The number of benzene rings is 1. The van der Waals surface area contributed by atoms with Gasteiger partial charge in [0.1, 0.15) is 5.75 Å². The number of ether oxygens (including phenoxy) is 1. The van der Waals surface area contributed by atoms with Crippen molar-refractivity contribution >= 4 is 27.4 Å². The molecule has 0 saturated heterocycles. The first-order valence-electron chi connectivity index (χ1n) is 5.67. The van der Waals surface area contributed by atoms with Crippen LogP contribution in [-0.4, -0.2) is 38.9 Å². The molecule has 108 valence electrons. The lowest BCUT2D eigenvalue weighted by Crippen LogP contribution is -2.24. The van der Waals surface area contributed by atoms with Crippen molar-refractivity contribution in [2.75, 3.05) is 23.9 Å². The van der Waals surface area contributed by atoms with Gasteiger partial charge in [-0.05, 0) is 18.2 Å². The highest BCUT2D eigenvalue weighted by molar-refractivity contribution is 7.92. The number of hydrogen-bond acceptors (Lipinski definition) is 5. The molecule has 0 heterocycles. The first kappa shape index (κ1) is 15.9. The lowest BCUT2D eigenvalue weighted by molar-refractivity contribution is -0.113. The Bertz CT molecular complexity index is 621. The molecule has 1 aromatic carbocycles. The van der Waals surface area contributed by atoms with E-state index in [4.69, 9.17) is 0 Å². The average Bonchev–Trinajstić information content (AvgIpc) is 2.37. The highest BCUT2D eigenvalue weighted by Gasteiger charge is 2.15. The van der Waals surface area contributed by atoms with Crippen molar-refractivity contribution < 1.29 is 22.7 Å². The van der Waals surface area contributed by atoms with Gasteiger partial charge in [0.25, 0.3) is 0 Å². The zero-order valence-corrected chi connectivity index (χ0v) is 11.8. The van der Waals surface area contributed by atoms with Crippen LogP contribution in [0.15, 0.2) is 36.9 Å². The summed E-state index contributed by atoms with van der Waals surface area (Å²) in [5, 5.41) is 2.42. The minimum absolute atomic E-state index is 0.261. The van der Waals surface area contributed by atoms with Crippen molar-refractivity contribution in [2.24, 2.45) is 0 Å². The second kappa shape index (κ2) is 6.85. The SMILES string of the molecule is C=CCS(=O)(=O)CC(=O)Nc1cccc(C(=O)OC)c1. The van der Waals surface area contributed by atoms with Crippen molar-refractivity contribution in [3.05, 3.63) is 42.5 Å². The topological polar surface area (TPSA) is 89.5 Å². The molecule has 0 saturated carbocycles. The van der Waals surface area contributed by atoms with Gasteiger partial charge in [0, 0.05) is 5.69 Å². The van der Waals surface area contributed by atoms with Crippen LogP contribution < -0.4 is 5.32 Å². The highest BCUT2D eigenvalue weighted by atomic mass is 32.2. The third-order valence-electron chi connectivity index (χ3n) is 2.29. The molecular formula is C13H15NO5S. The van der Waals surface area contributed by atoms with Gasteiger partial charge < -0.3 is 10.1 Å². The van der Waals surface area contributed by atoms with E-state index in [-0.39, 0.29) is 11.3 Å². The summed E-state index contributed by atoms with van der Waals surface area (Å²) >= 11 is 0. The van der Waals surface area contributed by atoms with Gasteiger partial charge in [-0.25, -0.2) is 13.2 Å². The van der Waals surface area contributed by atoms with Crippen molar-refractivity contribution in [1.29, 1.82) is 0 Å². The summed E-state index contributed by atoms with van der Waals surface area (Å²) < 4.78 is 27.4. The molecule has 1 N–H and O–H groups in total. The quantitative estimate of drug-likeness (QED) is 0.625. The largest absolute Gasteiger partial charge is 0.465 e. The molecular weight excluding hydrogens is 282 g/mol. The number of amides is 1. The van der Waals surface area contributed by atoms with E-state index in [0.29, 0.717) is 5.69 Å². The standard InChI is InChI=1S/C13H15NO5S/c1-3-7-20(17,18)9-12(15)14-11-6-4-5-10(8-11)13(16)19-2/h3-6,8H,1,7,9H2,2H3,(H,14,15). The minimum Gasteiger partial charge on any atom is -0.465 e. The maximum Gasteiger partial charge on any atom is 0.337 e. The fraction of sp³-hybridized carbons (Fsp3) is 0.231. The van der Waals surface area contributed by atoms with E-state index in [9.17, 15) is 18.0 Å². The maximum absolute atomic E-state index is 11.6. The first-order chi connectivity index (χ1) is 9.38. The van der Waals surface area contributed by atoms with Gasteiger partial charge in [0.05, 0.1) is 18.4 Å². The number of nitrogens with one attached hydrogen (secondary N) is 1. The number of carbonyl (C=O) groups excluding carboxylic acids is 2. The minimum atomic E-state index is -3.50. The summed E-state index contributed by atoms with van der Waals surface area (Å²) in [6.45, 7) is 3.32. The molecule has 7 heteroatoms. The summed E-state index contributed by atoms with van der Waals surface area (Å²) in [4.78, 5) is 22.9. The van der Waals surface area contributed by atoms with Crippen LogP contribution in [0.2, 0.25) is 0 Å². The smallest absolute Gasteiger partial charge is 0.337 e. The van der Waals surface area contributed by atoms with Crippen molar-refractivity contribution in [1.82, 2.24) is 0 Å². The fourth-order valence-electron chi connectivity index (χ4n) is 1.48. The Labute approximate surface area is 117 Å². The molecule has 0 aromatic heterocycles.